The average molecular weight is 307 g/mol. The van der Waals surface area contributed by atoms with Gasteiger partial charge in [0.15, 0.2) is 0 Å². The van der Waals surface area contributed by atoms with Gasteiger partial charge in [-0.1, -0.05) is 23.8 Å². The van der Waals surface area contributed by atoms with E-state index in [4.69, 9.17) is 0 Å². The highest BCUT2D eigenvalue weighted by Crippen LogP contribution is 2.22. The summed E-state index contributed by atoms with van der Waals surface area (Å²) in [6.45, 7) is 3.93. The molecule has 3 rings (SSSR count). The molecule has 116 valence electrons. The predicted molar refractivity (Wildman–Crippen MR) is 90.9 cm³/mol. The van der Waals surface area contributed by atoms with Crippen LogP contribution in [0.25, 0.3) is 10.9 Å². The SMILES string of the molecule is Cc1ccc2[nH]c(C(=O)N/N=C/c3cccc(O)c3)c(C)c2c1. The van der Waals surface area contributed by atoms with E-state index in [2.05, 4.69) is 15.5 Å². The standard InChI is InChI=1S/C18H17N3O2/c1-11-6-7-16-15(8-11)12(2)17(20-16)18(23)21-19-10-13-4-3-5-14(22)9-13/h3-10,20,22H,1-2H3,(H,21,23)/b19-10+. The highest BCUT2D eigenvalue weighted by Gasteiger charge is 2.14. The van der Waals surface area contributed by atoms with Crippen molar-refractivity contribution in [2.45, 2.75) is 13.8 Å². The van der Waals surface area contributed by atoms with Crippen LogP contribution in [0.15, 0.2) is 47.6 Å². The highest BCUT2D eigenvalue weighted by molar-refractivity contribution is 6.01. The van der Waals surface area contributed by atoms with Crippen LogP contribution in [0.2, 0.25) is 0 Å². The zero-order valence-corrected chi connectivity index (χ0v) is 12.9. The summed E-state index contributed by atoms with van der Waals surface area (Å²) in [5.74, 6) is -0.144. The number of H-pyrrole nitrogens is 1. The second-order valence-electron chi connectivity index (χ2n) is 5.47. The summed E-state index contributed by atoms with van der Waals surface area (Å²) < 4.78 is 0. The third-order valence-electron chi connectivity index (χ3n) is 3.69. The monoisotopic (exact) mass is 307 g/mol. The Kier molecular flexibility index (Phi) is 3.85. The molecule has 1 aromatic heterocycles. The number of phenols is 1. The molecule has 0 aliphatic rings. The molecule has 0 unspecified atom stereocenters. The zero-order chi connectivity index (χ0) is 16.4. The first-order chi connectivity index (χ1) is 11.0. The van der Waals surface area contributed by atoms with Crippen molar-refractivity contribution in [3.63, 3.8) is 0 Å². The molecule has 3 aromatic rings. The van der Waals surface area contributed by atoms with Gasteiger partial charge in [0.05, 0.1) is 6.21 Å². The van der Waals surface area contributed by atoms with Crippen LogP contribution >= 0.6 is 0 Å². The van der Waals surface area contributed by atoms with Gasteiger partial charge in [-0.25, -0.2) is 5.43 Å². The number of hydrazone groups is 1. The van der Waals surface area contributed by atoms with Crippen LogP contribution in [0.5, 0.6) is 5.75 Å². The van der Waals surface area contributed by atoms with Gasteiger partial charge < -0.3 is 10.1 Å². The summed E-state index contributed by atoms with van der Waals surface area (Å²) in [6.07, 6.45) is 1.49. The van der Waals surface area contributed by atoms with Crippen LogP contribution in [0, 0.1) is 13.8 Å². The Bertz CT molecular complexity index is 910. The number of phenolic OH excluding ortho intramolecular Hbond substituents is 1. The minimum atomic E-state index is -0.298. The quantitative estimate of drug-likeness (QED) is 0.513. The normalized spacial score (nSPS) is 11.2. The maximum Gasteiger partial charge on any atom is 0.288 e. The molecule has 0 spiro atoms. The molecule has 0 bridgehead atoms. The Morgan fingerprint density at radius 2 is 2.04 bits per heavy atom. The van der Waals surface area contributed by atoms with Gasteiger partial charge in [-0.15, -0.1) is 0 Å². The molecule has 5 nitrogen and oxygen atoms in total. The number of benzene rings is 2. The number of fused-ring (bicyclic) bond motifs is 1. The van der Waals surface area contributed by atoms with E-state index < -0.39 is 0 Å². The summed E-state index contributed by atoms with van der Waals surface area (Å²) >= 11 is 0. The van der Waals surface area contributed by atoms with Gasteiger partial charge in [0.2, 0.25) is 0 Å². The Morgan fingerprint density at radius 1 is 1.22 bits per heavy atom. The van der Waals surface area contributed by atoms with Crippen LogP contribution in [0.4, 0.5) is 0 Å². The largest absolute Gasteiger partial charge is 0.508 e. The van der Waals surface area contributed by atoms with Gasteiger partial charge >= 0.3 is 0 Å². The number of aryl methyl sites for hydroxylation is 2. The average Bonchev–Trinajstić information content (AvgIpc) is 2.84. The number of carbonyl (C=O) groups is 1. The molecule has 1 amide bonds. The van der Waals surface area contributed by atoms with E-state index in [0.717, 1.165) is 22.0 Å². The van der Waals surface area contributed by atoms with Crippen molar-refractivity contribution in [2.75, 3.05) is 0 Å². The Labute approximate surface area is 133 Å². The molecule has 5 heteroatoms. The molecule has 2 aromatic carbocycles. The Hall–Kier alpha value is -3.08. The summed E-state index contributed by atoms with van der Waals surface area (Å²) in [5.41, 5.74) is 6.67. The van der Waals surface area contributed by atoms with Gasteiger partial charge in [0.1, 0.15) is 11.4 Å². The lowest BCUT2D eigenvalue weighted by Crippen LogP contribution is -2.18. The summed E-state index contributed by atoms with van der Waals surface area (Å²) in [5, 5.41) is 14.4. The number of aromatic amines is 1. The molecule has 23 heavy (non-hydrogen) atoms. The summed E-state index contributed by atoms with van der Waals surface area (Å²) in [4.78, 5) is 15.4. The first-order valence-electron chi connectivity index (χ1n) is 7.26. The molecule has 1 heterocycles. The highest BCUT2D eigenvalue weighted by atomic mass is 16.3. The molecule has 0 fully saturated rings. The number of amides is 1. The number of hydrogen-bond donors (Lipinski definition) is 3. The number of aromatic hydroxyl groups is 1. The van der Waals surface area contributed by atoms with Gasteiger partial charge in [-0.3, -0.25) is 4.79 Å². The summed E-state index contributed by atoms with van der Waals surface area (Å²) in [6, 6.07) is 12.6. The van der Waals surface area contributed by atoms with Crippen LogP contribution in [-0.2, 0) is 0 Å². The van der Waals surface area contributed by atoms with Crippen molar-refractivity contribution in [3.8, 4) is 5.75 Å². The van der Waals surface area contributed by atoms with Gasteiger partial charge in [0, 0.05) is 10.9 Å². The van der Waals surface area contributed by atoms with E-state index in [0.29, 0.717) is 11.3 Å². The van der Waals surface area contributed by atoms with Crippen molar-refractivity contribution in [2.24, 2.45) is 5.10 Å². The van der Waals surface area contributed by atoms with E-state index in [-0.39, 0.29) is 11.7 Å². The van der Waals surface area contributed by atoms with Gasteiger partial charge in [-0.2, -0.15) is 5.10 Å². The molecule has 0 atom stereocenters. The fourth-order valence-electron chi connectivity index (χ4n) is 2.49. The Balaban J connectivity index is 1.80. The van der Waals surface area contributed by atoms with Gasteiger partial charge in [0.25, 0.3) is 5.91 Å². The van der Waals surface area contributed by atoms with Crippen molar-refractivity contribution < 1.29 is 9.90 Å². The number of hydrogen-bond acceptors (Lipinski definition) is 3. The number of carbonyl (C=O) groups excluding carboxylic acids is 1. The van der Waals surface area contributed by atoms with Crippen LogP contribution in [0.1, 0.15) is 27.2 Å². The van der Waals surface area contributed by atoms with E-state index in [1.165, 1.54) is 6.21 Å². The first-order valence-corrected chi connectivity index (χ1v) is 7.26. The van der Waals surface area contributed by atoms with E-state index in [1.54, 1.807) is 24.3 Å². The smallest absolute Gasteiger partial charge is 0.288 e. The molecule has 0 aliphatic carbocycles. The molecular weight excluding hydrogens is 290 g/mol. The van der Waals surface area contributed by atoms with Crippen LogP contribution in [0.3, 0.4) is 0 Å². The number of nitrogens with one attached hydrogen (secondary N) is 2. The van der Waals surface area contributed by atoms with Crippen LogP contribution < -0.4 is 5.43 Å². The lowest BCUT2D eigenvalue weighted by Gasteiger charge is -1.99. The minimum Gasteiger partial charge on any atom is -0.508 e. The molecule has 0 radical (unpaired) electrons. The molecule has 0 saturated heterocycles. The lowest BCUT2D eigenvalue weighted by atomic mass is 10.1. The van der Waals surface area contributed by atoms with E-state index in [9.17, 15) is 9.90 Å². The van der Waals surface area contributed by atoms with Crippen molar-refractivity contribution in [1.82, 2.24) is 10.4 Å². The molecule has 0 aliphatic heterocycles. The molecule has 3 N–H and O–H groups in total. The molecular formula is C18H17N3O2. The van der Waals surface area contributed by atoms with Gasteiger partial charge in [-0.05, 0) is 49.2 Å². The first kappa shape index (κ1) is 14.8. The zero-order valence-electron chi connectivity index (χ0n) is 12.9. The predicted octanol–water partition coefficient (Wildman–Crippen LogP) is 3.25. The maximum atomic E-state index is 12.3. The number of nitrogens with zero attached hydrogens (tertiary/aromatic N) is 1. The summed E-state index contributed by atoms with van der Waals surface area (Å²) in [7, 11) is 0. The second kappa shape index (κ2) is 5.96. The topological polar surface area (TPSA) is 77.5 Å². The third-order valence-corrected chi connectivity index (χ3v) is 3.69. The fraction of sp³-hybridized carbons (Fsp3) is 0.111. The number of rotatable bonds is 3. The van der Waals surface area contributed by atoms with E-state index >= 15 is 0 Å². The van der Waals surface area contributed by atoms with Crippen molar-refractivity contribution >= 4 is 23.0 Å². The van der Waals surface area contributed by atoms with E-state index in [1.807, 2.05) is 32.0 Å². The minimum absolute atomic E-state index is 0.155. The third kappa shape index (κ3) is 3.08. The lowest BCUT2D eigenvalue weighted by molar-refractivity contribution is 0.0950. The Morgan fingerprint density at radius 3 is 2.83 bits per heavy atom. The van der Waals surface area contributed by atoms with Crippen molar-refractivity contribution in [3.05, 3.63) is 64.8 Å². The number of aromatic nitrogens is 1. The fourth-order valence-corrected chi connectivity index (χ4v) is 2.49. The van der Waals surface area contributed by atoms with Crippen molar-refractivity contribution in [1.29, 1.82) is 0 Å². The maximum absolute atomic E-state index is 12.3. The van der Waals surface area contributed by atoms with Crippen LogP contribution in [-0.4, -0.2) is 22.2 Å². The molecule has 0 saturated carbocycles. The second-order valence-corrected chi connectivity index (χ2v) is 5.47.